The standard InChI is InChI=1S/C23H18ClN5O4S/c1-32-15-7-14(8-16(9-15)33-2)29-21(30)20-17(27-23(29)31)10-19(24)28(20)13-5-3-12(4-6-13)18-11-34-22(25)26-18/h3-11H,1-2H3,(H2,25,26)(H,27,31). The van der Waals surface area contributed by atoms with E-state index in [0.717, 1.165) is 15.8 Å². The van der Waals surface area contributed by atoms with Crippen LogP contribution in [0.3, 0.4) is 0 Å². The van der Waals surface area contributed by atoms with Crippen LogP contribution < -0.4 is 26.5 Å². The number of hydrogen-bond donors (Lipinski definition) is 2. The summed E-state index contributed by atoms with van der Waals surface area (Å²) in [6.45, 7) is 0. The van der Waals surface area contributed by atoms with Crippen molar-refractivity contribution in [2.45, 2.75) is 0 Å². The largest absolute Gasteiger partial charge is 0.497 e. The normalized spacial score (nSPS) is 11.1. The highest BCUT2D eigenvalue weighted by atomic mass is 35.5. The van der Waals surface area contributed by atoms with Gasteiger partial charge >= 0.3 is 5.69 Å². The summed E-state index contributed by atoms with van der Waals surface area (Å²) in [6, 6.07) is 13.7. The Hall–Kier alpha value is -4.02. The smallest absolute Gasteiger partial charge is 0.333 e. The Labute approximate surface area is 201 Å². The van der Waals surface area contributed by atoms with Crippen molar-refractivity contribution >= 4 is 39.1 Å². The minimum Gasteiger partial charge on any atom is -0.497 e. The van der Waals surface area contributed by atoms with E-state index in [1.165, 1.54) is 25.6 Å². The van der Waals surface area contributed by atoms with Crippen molar-refractivity contribution in [3.8, 4) is 34.1 Å². The highest BCUT2D eigenvalue weighted by Gasteiger charge is 2.19. The minimum atomic E-state index is -0.613. The third-order valence-corrected chi connectivity index (χ3v) is 6.30. The Kier molecular flexibility index (Phi) is 5.39. The number of methoxy groups -OCH3 is 2. The molecule has 5 aromatic rings. The zero-order valence-corrected chi connectivity index (χ0v) is 19.6. The molecule has 9 nitrogen and oxygen atoms in total. The van der Waals surface area contributed by atoms with E-state index < -0.39 is 11.2 Å². The first-order chi connectivity index (χ1) is 16.4. The fourth-order valence-electron chi connectivity index (χ4n) is 3.76. The number of aromatic nitrogens is 4. The average molecular weight is 496 g/mol. The van der Waals surface area contributed by atoms with Crippen LogP contribution in [0.4, 0.5) is 5.13 Å². The second kappa shape index (κ2) is 8.40. The molecule has 3 N–H and O–H groups in total. The van der Waals surface area contributed by atoms with E-state index in [1.807, 2.05) is 29.6 Å². The van der Waals surface area contributed by atoms with E-state index in [0.29, 0.717) is 33.5 Å². The topological polar surface area (TPSA) is 117 Å². The number of aromatic amines is 1. The second-order valence-corrected chi connectivity index (χ2v) is 8.60. The van der Waals surface area contributed by atoms with Crippen molar-refractivity contribution in [3.63, 3.8) is 0 Å². The van der Waals surface area contributed by atoms with Crippen LogP contribution in [0.2, 0.25) is 5.15 Å². The van der Waals surface area contributed by atoms with Crippen LogP contribution in [0.5, 0.6) is 11.5 Å². The van der Waals surface area contributed by atoms with Gasteiger partial charge in [0.1, 0.15) is 22.2 Å². The highest BCUT2D eigenvalue weighted by molar-refractivity contribution is 7.13. The van der Waals surface area contributed by atoms with Crippen LogP contribution in [0, 0.1) is 0 Å². The maximum absolute atomic E-state index is 13.6. The predicted octanol–water partition coefficient (Wildman–Crippen LogP) is 3.85. The van der Waals surface area contributed by atoms with Crippen LogP contribution in [0.1, 0.15) is 0 Å². The summed E-state index contributed by atoms with van der Waals surface area (Å²) >= 11 is 7.86. The molecule has 0 aliphatic carbocycles. The molecular formula is C23H18ClN5O4S. The van der Waals surface area contributed by atoms with Crippen LogP contribution in [0.25, 0.3) is 33.7 Å². The minimum absolute atomic E-state index is 0.219. The number of benzene rings is 2. The lowest BCUT2D eigenvalue weighted by Gasteiger charge is -2.11. The van der Waals surface area contributed by atoms with Crippen molar-refractivity contribution in [2.24, 2.45) is 0 Å². The van der Waals surface area contributed by atoms with Gasteiger partial charge in [-0.25, -0.2) is 14.3 Å². The summed E-state index contributed by atoms with van der Waals surface area (Å²) in [6.07, 6.45) is 0. The van der Waals surface area contributed by atoms with Gasteiger partial charge in [-0.1, -0.05) is 23.7 Å². The molecule has 172 valence electrons. The van der Waals surface area contributed by atoms with Crippen molar-refractivity contribution in [3.05, 3.63) is 79.9 Å². The van der Waals surface area contributed by atoms with Gasteiger partial charge < -0.3 is 20.2 Å². The number of H-pyrrole nitrogens is 1. The van der Waals surface area contributed by atoms with Crippen LogP contribution in [0.15, 0.2) is 63.5 Å². The third-order valence-electron chi connectivity index (χ3n) is 5.34. The number of anilines is 1. The molecule has 0 fully saturated rings. The van der Waals surface area contributed by atoms with Gasteiger partial charge in [0.2, 0.25) is 0 Å². The molecule has 0 atom stereocenters. The molecule has 0 saturated carbocycles. The quantitative estimate of drug-likeness (QED) is 0.382. The summed E-state index contributed by atoms with van der Waals surface area (Å²) in [7, 11) is 2.98. The molecule has 0 unspecified atom stereocenters. The zero-order chi connectivity index (χ0) is 24.0. The number of nitrogens with zero attached hydrogens (tertiary/aromatic N) is 3. The van der Waals surface area contributed by atoms with Gasteiger partial charge in [0.25, 0.3) is 5.56 Å². The molecule has 0 aliphatic heterocycles. The molecule has 0 bridgehead atoms. The molecule has 34 heavy (non-hydrogen) atoms. The van der Waals surface area contributed by atoms with Gasteiger partial charge in [-0.2, -0.15) is 0 Å². The Morgan fingerprint density at radius 1 is 0.971 bits per heavy atom. The molecule has 0 aliphatic rings. The van der Waals surface area contributed by atoms with E-state index in [4.69, 9.17) is 26.8 Å². The number of nitrogens with two attached hydrogens (primary N) is 1. The van der Waals surface area contributed by atoms with Gasteiger partial charge in [-0.15, -0.1) is 11.3 Å². The van der Waals surface area contributed by atoms with Crippen molar-refractivity contribution in [1.82, 2.24) is 19.1 Å². The Morgan fingerprint density at radius 2 is 1.65 bits per heavy atom. The van der Waals surface area contributed by atoms with Gasteiger partial charge in [0, 0.05) is 34.8 Å². The predicted molar refractivity (Wildman–Crippen MR) is 133 cm³/mol. The van der Waals surface area contributed by atoms with Crippen molar-refractivity contribution < 1.29 is 9.47 Å². The number of ether oxygens (including phenoxy) is 2. The molecule has 0 radical (unpaired) electrons. The number of rotatable bonds is 5. The third kappa shape index (κ3) is 3.62. The summed E-state index contributed by atoms with van der Waals surface area (Å²) in [5, 5.41) is 2.63. The number of thiazole rings is 1. The fourth-order valence-corrected chi connectivity index (χ4v) is 4.63. The SMILES string of the molecule is COc1cc(OC)cc(-n2c(=O)[nH]c3cc(Cl)n(-c4ccc(-c5csc(N)n5)cc4)c3c2=O)c1. The first-order valence-electron chi connectivity index (χ1n) is 10.0. The lowest BCUT2D eigenvalue weighted by molar-refractivity contribution is 0.394. The van der Waals surface area contributed by atoms with Crippen LogP contribution in [-0.2, 0) is 0 Å². The molecule has 0 spiro atoms. The first-order valence-corrected chi connectivity index (χ1v) is 11.3. The number of nitrogens with one attached hydrogen (secondary N) is 1. The Bertz CT molecular complexity index is 1630. The molecule has 3 aromatic heterocycles. The van der Waals surface area contributed by atoms with Gasteiger partial charge in [0.15, 0.2) is 5.13 Å². The highest BCUT2D eigenvalue weighted by Crippen LogP contribution is 2.29. The average Bonchev–Trinajstić information content (AvgIpc) is 3.41. The van der Waals surface area contributed by atoms with Crippen molar-refractivity contribution in [1.29, 1.82) is 0 Å². The Balaban J connectivity index is 1.70. The first kappa shape index (κ1) is 21.8. The van der Waals surface area contributed by atoms with E-state index in [1.54, 1.807) is 28.8 Å². The molecule has 0 saturated heterocycles. The molecular weight excluding hydrogens is 478 g/mol. The number of hydrogen-bond acceptors (Lipinski definition) is 7. The van der Waals surface area contributed by atoms with E-state index in [-0.39, 0.29) is 10.7 Å². The van der Waals surface area contributed by atoms with Gasteiger partial charge in [0.05, 0.1) is 31.1 Å². The summed E-state index contributed by atoms with van der Waals surface area (Å²) in [5.74, 6) is 0.875. The molecule has 2 aromatic carbocycles. The lowest BCUT2D eigenvalue weighted by Crippen LogP contribution is -2.34. The summed E-state index contributed by atoms with van der Waals surface area (Å²) < 4.78 is 13.2. The van der Waals surface area contributed by atoms with Gasteiger partial charge in [-0.3, -0.25) is 9.36 Å². The monoisotopic (exact) mass is 495 g/mol. The van der Waals surface area contributed by atoms with Gasteiger partial charge in [-0.05, 0) is 18.2 Å². The zero-order valence-electron chi connectivity index (χ0n) is 18.0. The second-order valence-electron chi connectivity index (χ2n) is 7.32. The summed E-state index contributed by atoms with van der Waals surface area (Å²) in [5.41, 5.74) is 7.70. The maximum Gasteiger partial charge on any atom is 0.333 e. The van der Waals surface area contributed by atoms with Crippen molar-refractivity contribution in [2.75, 3.05) is 20.0 Å². The van der Waals surface area contributed by atoms with Crippen LogP contribution in [-0.4, -0.2) is 33.3 Å². The fraction of sp³-hybridized carbons (Fsp3) is 0.0870. The number of fused-ring (bicyclic) bond motifs is 1. The number of halogens is 1. The van der Waals surface area contributed by atoms with E-state index in [9.17, 15) is 9.59 Å². The lowest BCUT2D eigenvalue weighted by atomic mass is 10.1. The van der Waals surface area contributed by atoms with E-state index in [2.05, 4.69) is 9.97 Å². The molecule has 11 heteroatoms. The molecule has 3 heterocycles. The molecule has 0 amide bonds. The molecule has 5 rings (SSSR count). The maximum atomic E-state index is 13.6. The number of nitrogen functional groups attached to an aromatic ring is 1. The van der Waals surface area contributed by atoms with Crippen LogP contribution >= 0.6 is 22.9 Å². The Morgan fingerprint density at radius 3 is 2.24 bits per heavy atom. The van der Waals surface area contributed by atoms with E-state index >= 15 is 0 Å². The summed E-state index contributed by atoms with van der Waals surface area (Å²) in [4.78, 5) is 33.5.